The number of rotatable bonds is 4. The van der Waals surface area contributed by atoms with Crippen LogP contribution in [0.2, 0.25) is 0 Å². The lowest BCUT2D eigenvalue weighted by Crippen LogP contribution is -2.31. The fourth-order valence-corrected chi connectivity index (χ4v) is 3.48. The van der Waals surface area contributed by atoms with Crippen molar-refractivity contribution in [3.63, 3.8) is 0 Å². The van der Waals surface area contributed by atoms with Crippen LogP contribution in [-0.4, -0.2) is 37.5 Å². The van der Waals surface area contributed by atoms with Gasteiger partial charge in [0.1, 0.15) is 0 Å². The quantitative estimate of drug-likeness (QED) is 0.923. The minimum absolute atomic E-state index is 0.0555. The first kappa shape index (κ1) is 16.3. The Morgan fingerprint density at radius 1 is 1.30 bits per heavy atom. The van der Waals surface area contributed by atoms with E-state index in [2.05, 4.69) is 5.32 Å². The molecule has 0 radical (unpaired) electrons. The predicted molar refractivity (Wildman–Crippen MR) is 80.9 cm³/mol. The summed E-state index contributed by atoms with van der Waals surface area (Å²) in [5.41, 5.74) is 0.196. The molecule has 0 spiro atoms. The van der Waals surface area contributed by atoms with Gasteiger partial charge in [-0.1, -0.05) is 12.1 Å². The Bertz CT molecular complexity index is 570. The zero-order valence-electron chi connectivity index (χ0n) is 13.1. The minimum Gasteiger partial charge on any atom is -0.342 e. The highest BCUT2D eigenvalue weighted by molar-refractivity contribution is 5.83. The zero-order valence-corrected chi connectivity index (χ0v) is 13.1. The van der Waals surface area contributed by atoms with E-state index in [0.29, 0.717) is 5.92 Å². The molecule has 0 unspecified atom stereocenters. The van der Waals surface area contributed by atoms with E-state index in [1.165, 1.54) is 12.1 Å². The second-order valence-corrected chi connectivity index (χ2v) is 6.57. The van der Waals surface area contributed by atoms with E-state index < -0.39 is 11.7 Å². The van der Waals surface area contributed by atoms with Gasteiger partial charge in [-0.25, -0.2) is 0 Å². The molecule has 23 heavy (non-hydrogen) atoms. The standard InChI is InChI=1S/C17H21F3N2O/c1-21-9-11-6-7-22(10-11)16(23)15-8-14(15)12-2-4-13(5-3-12)17(18,19)20/h2-5,11,14-15,21H,6-10H2,1H3/t11-,14-,15-/m0/s1. The van der Waals surface area contributed by atoms with Crippen LogP contribution in [0.1, 0.15) is 29.9 Å². The van der Waals surface area contributed by atoms with E-state index in [1.807, 2.05) is 11.9 Å². The molecule has 1 aliphatic carbocycles. The minimum atomic E-state index is -4.31. The molecule has 3 nitrogen and oxygen atoms in total. The third-order valence-electron chi connectivity index (χ3n) is 4.86. The maximum Gasteiger partial charge on any atom is 0.416 e. The van der Waals surface area contributed by atoms with Crippen molar-refractivity contribution in [2.24, 2.45) is 11.8 Å². The normalized spacial score (nSPS) is 27.3. The Hall–Kier alpha value is -1.56. The SMILES string of the molecule is CNC[C@@H]1CCN(C(=O)[C@H]2C[C@H]2c2ccc(C(F)(F)F)cc2)C1. The van der Waals surface area contributed by atoms with E-state index in [0.717, 1.165) is 50.2 Å². The molecular formula is C17H21F3N2O. The van der Waals surface area contributed by atoms with Gasteiger partial charge in [-0.05, 0) is 56.0 Å². The maximum absolute atomic E-state index is 12.6. The predicted octanol–water partition coefficient (Wildman–Crippen LogP) is 2.88. The number of benzene rings is 1. The Morgan fingerprint density at radius 2 is 2.00 bits per heavy atom. The summed E-state index contributed by atoms with van der Waals surface area (Å²) < 4.78 is 37.7. The summed E-state index contributed by atoms with van der Waals surface area (Å²) in [4.78, 5) is 14.4. The van der Waals surface area contributed by atoms with Crippen molar-refractivity contribution in [3.05, 3.63) is 35.4 Å². The lowest BCUT2D eigenvalue weighted by Gasteiger charge is -2.16. The lowest BCUT2D eigenvalue weighted by molar-refractivity contribution is -0.137. The summed E-state index contributed by atoms with van der Waals surface area (Å²) in [6.07, 6.45) is -2.54. The van der Waals surface area contributed by atoms with Gasteiger partial charge in [0.05, 0.1) is 5.56 Å². The summed E-state index contributed by atoms with van der Waals surface area (Å²) in [6.45, 7) is 2.49. The van der Waals surface area contributed by atoms with Crippen molar-refractivity contribution in [3.8, 4) is 0 Å². The molecule has 3 rings (SSSR count). The van der Waals surface area contributed by atoms with E-state index in [1.54, 1.807) is 0 Å². The van der Waals surface area contributed by atoms with Crippen LogP contribution in [0.15, 0.2) is 24.3 Å². The maximum atomic E-state index is 12.6. The molecule has 3 atom stereocenters. The third kappa shape index (κ3) is 3.52. The van der Waals surface area contributed by atoms with Gasteiger partial charge in [0.15, 0.2) is 0 Å². The number of alkyl halides is 3. The molecule has 2 aliphatic rings. The number of nitrogens with one attached hydrogen (secondary N) is 1. The Morgan fingerprint density at radius 3 is 2.61 bits per heavy atom. The number of nitrogens with zero attached hydrogens (tertiary/aromatic N) is 1. The summed E-state index contributed by atoms with van der Waals surface area (Å²) in [5.74, 6) is 0.689. The largest absolute Gasteiger partial charge is 0.416 e. The molecule has 1 saturated heterocycles. The molecule has 1 saturated carbocycles. The molecule has 1 N–H and O–H groups in total. The number of hydrogen-bond acceptors (Lipinski definition) is 2. The molecule has 126 valence electrons. The van der Waals surface area contributed by atoms with Gasteiger partial charge < -0.3 is 10.2 Å². The van der Waals surface area contributed by atoms with Crippen molar-refractivity contribution in [1.82, 2.24) is 10.2 Å². The number of carbonyl (C=O) groups is 1. The van der Waals surface area contributed by atoms with Crippen LogP contribution in [0.3, 0.4) is 0 Å². The van der Waals surface area contributed by atoms with Crippen molar-refractivity contribution in [2.75, 3.05) is 26.7 Å². The van der Waals surface area contributed by atoms with Gasteiger partial charge in [0.2, 0.25) is 5.91 Å². The first-order chi connectivity index (χ1) is 10.9. The highest BCUT2D eigenvalue weighted by Gasteiger charge is 2.46. The van der Waals surface area contributed by atoms with Gasteiger partial charge in [-0.15, -0.1) is 0 Å². The van der Waals surface area contributed by atoms with E-state index in [-0.39, 0.29) is 17.7 Å². The number of carbonyl (C=O) groups excluding carboxylic acids is 1. The summed E-state index contributed by atoms with van der Waals surface area (Å²) in [7, 11) is 1.91. The highest BCUT2D eigenvalue weighted by Crippen LogP contribution is 2.49. The molecule has 1 amide bonds. The van der Waals surface area contributed by atoms with Gasteiger partial charge in [-0.3, -0.25) is 4.79 Å². The Labute approximate surface area is 133 Å². The number of halogens is 3. The first-order valence-corrected chi connectivity index (χ1v) is 8.00. The van der Waals surface area contributed by atoms with Crippen LogP contribution in [0.5, 0.6) is 0 Å². The van der Waals surface area contributed by atoms with Crippen LogP contribution in [0.25, 0.3) is 0 Å². The van der Waals surface area contributed by atoms with Crippen molar-refractivity contribution >= 4 is 5.91 Å². The topological polar surface area (TPSA) is 32.3 Å². The highest BCUT2D eigenvalue weighted by atomic mass is 19.4. The fourth-order valence-electron chi connectivity index (χ4n) is 3.48. The molecule has 1 aromatic carbocycles. The summed E-state index contributed by atoms with van der Waals surface area (Å²) >= 11 is 0. The van der Waals surface area contributed by atoms with Gasteiger partial charge in [0.25, 0.3) is 0 Å². The third-order valence-corrected chi connectivity index (χ3v) is 4.86. The molecular weight excluding hydrogens is 305 g/mol. The molecule has 6 heteroatoms. The van der Waals surface area contributed by atoms with E-state index in [9.17, 15) is 18.0 Å². The van der Waals surface area contributed by atoms with Crippen molar-refractivity contribution in [2.45, 2.75) is 24.9 Å². The first-order valence-electron chi connectivity index (χ1n) is 8.00. The van der Waals surface area contributed by atoms with Gasteiger partial charge >= 0.3 is 6.18 Å². The average molecular weight is 326 g/mol. The van der Waals surface area contributed by atoms with Crippen LogP contribution in [0, 0.1) is 11.8 Å². The molecule has 1 aromatic rings. The van der Waals surface area contributed by atoms with Crippen LogP contribution < -0.4 is 5.32 Å². The van der Waals surface area contributed by atoms with Crippen LogP contribution >= 0.6 is 0 Å². The molecule has 2 fully saturated rings. The van der Waals surface area contributed by atoms with E-state index >= 15 is 0 Å². The molecule has 1 heterocycles. The second kappa shape index (κ2) is 6.15. The van der Waals surface area contributed by atoms with Crippen molar-refractivity contribution < 1.29 is 18.0 Å². The molecule has 0 aromatic heterocycles. The van der Waals surface area contributed by atoms with E-state index in [4.69, 9.17) is 0 Å². The van der Waals surface area contributed by atoms with Gasteiger partial charge in [-0.2, -0.15) is 13.2 Å². The van der Waals surface area contributed by atoms with Crippen molar-refractivity contribution in [1.29, 1.82) is 0 Å². The lowest BCUT2D eigenvalue weighted by atomic mass is 10.1. The monoisotopic (exact) mass is 326 g/mol. The average Bonchev–Trinajstić information content (AvgIpc) is 3.18. The number of likely N-dealkylation sites (tertiary alicyclic amines) is 1. The number of amides is 1. The number of hydrogen-bond donors (Lipinski definition) is 1. The van der Waals surface area contributed by atoms with Gasteiger partial charge in [0, 0.05) is 19.0 Å². The Kier molecular flexibility index (Phi) is 4.36. The van der Waals surface area contributed by atoms with Crippen LogP contribution in [-0.2, 0) is 11.0 Å². The Balaban J connectivity index is 1.58. The fraction of sp³-hybridized carbons (Fsp3) is 0.588. The molecule has 1 aliphatic heterocycles. The molecule has 0 bridgehead atoms. The summed E-state index contributed by atoms with van der Waals surface area (Å²) in [5, 5.41) is 3.14. The summed E-state index contributed by atoms with van der Waals surface area (Å²) in [6, 6.07) is 5.23. The smallest absolute Gasteiger partial charge is 0.342 e. The van der Waals surface area contributed by atoms with Crippen LogP contribution in [0.4, 0.5) is 13.2 Å². The zero-order chi connectivity index (χ0) is 16.6. The second-order valence-electron chi connectivity index (χ2n) is 6.57.